The molecular weight excluding hydrogens is 292 g/mol. The van der Waals surface area contributed by atoms with Crippen molar-refractivity contribution in [2.75, 3.05) is 33.4 Å². The first-order valence-corrected chi connectivity index (χ1v) is 7.79. The van der Waals surface area contributed by atoms with E-state index in [1.165, 1.54) is 0 Å². The lowest BCUT2D eigenvalue weighted by Crippen LogP contribution is -2.50. The van der Waals surface area contributed by atoms with Crippen LogP contribution in [-0.2, 0) is 20.9 Å². The van der Waals surface area contributed by atoms with E-state index >= 15 is 0 Å². The Kier molecular flexibility index (Phi) is 5.72. The molecule has 0 aromatic carbocycles. The molecule has 0 radical (unpaired) electrons. The third-order valence-corrected chi connectivity index (χ3v) is 4.26. The Hall–Kier alpha value is -1.44. The molecule has 7 heteroatoms. The van der Waals surface area contributed by atoms with Crippen LogP contribution in [-0.4, -0.2) is 66.2 Å². The molecule has 1 aromatic rings. The number of likely N-dealkylation sites (N-methyl/N-ethyl adjacent to an activating group) is 1. The molecule has 2 heterocycles. The van der Waals surface area contributed by atoms with Gasteiger partial charge in [0.1, 0.15) is 0 Å². The van der Waals surface area contributed by atoms with Crippen molar-refractivity contribution in [3.05, 3.63) is 22.4 Å². The van der Waals surface area contributed by atoms with Crippen molar-refractivity contribution in [3.63, 3.8) is 0 Å². The van der Waals surface area contributed by atoms with Crippen LogP contribution in [0.2, 0.25) is 0 Å². The first kappa shape index (κ1) is 15.9. The average Bonchev–Trinajstić information content (AvgIpc) is 2.93. The van der Waals surface area contributed by atoms with Gasteiger partial charge in [-0.25, -0.2) is 0 Å². The fourth-order valence-corrected chi connectivity index (χ4v) is 2.99. The lowest BCUT2D eigenvalue weighted by Gasteiger charge is -2.35. The molecule has 0 saturated carbocycles. The van der Waals surface area contributed by atoms with E-state index in [4.69, 9.17) is 9.84 Å². The Morgan fingerprint density at radius 3 is 3.05 bits per heavy atom. The third kappa shape index (κ3) is 4.80. The Bertz CT molecular complexity index is 477. The topological polar surface area (TPSA) is 70.1 Å². The second-order valence-electron chi connectivity index (χ2n) is 5.18. The number of ether oxygens (including phenoxy) is 1. The minimum atomic E-state index is -0.866. The monoisotopic (exact) mass is 312 g/mol. The molecule has 1 aromatic heterocycles. The summed E-state index contributed by atoms with van der Waals surface area (Å²) in [5.41, 5.74) is 1.11. The van der Waals surface area contributed by atoms with Crippen molar-refractivity contribution in [2.45, 2.75) is 19.0 Å². The van der Waals surface area contributed by atoms with E-state index in [-0.39, 0.29) is 24.9 Å². The van der Waals surface area contributed by atoms with Crippen LogP contribution in [0.5, 0.6) is 0 Å². The van der Waals surface area contributed by atoms with E-state index in [1.807, 2.05) is 21.7 Å². The maximum Gasteiger partial charge on any atom is 0.305 e. The van der Waals surface area contributed by atoms with Crippen LogP contribution in [0.25, 0.3) is 0 Å². The van der Waals surface area contributed by atoms with Gasteiger partial charge in [0.25, 0.3) is 0 Å². The highest BCUT2D eigenvalue weighted by molar-refractivity contribution is 7.07. The molecular formula is C14H20N2O4S. The van der Waals surface area contributed by atoms with Gasteiger partial charge in [-0.15, -0.1) is 0 Å². The highest BCUT2D eigenvalue weighted by atomic mass is 32.1. The van der Waals surface area contributed by atoms with Gasteiger partial charge in [-0.3, -0.25) is 14.5 Å². The van der Waals surface area contributed by atoms with Crippen molar-refractivity contribution in [1.82, 2.24) is 9.80 Å². The summed E-state index contributed by atoms with van der Waals surface area (Å²) in [6, 6.07) is 1.77. The second kappa shape index (κ2) is 7.53. The molecule has 21 heavy (non-hydrogen) atoms. The van der Waals surface area contributed by atoms with Gasteiger partial charge in [-0.2, -0.15) is 11.3 Å². The molecule has 0 spiro atoms. The standard InChI is InChI=1S/C14H20N2O4S/c1-15(7-11-2-5-21-10-11)13(17)8-16-3-4-20-9-12(16)6-14(18)19/h2,5,10,12H,3-4,6-9H2,1H3,(H,18,19). The molecule has 1 unspecified atom stereocenters. The Morgan fingerprint density at radius 1 is 1.57 bits per heavy atom. The largest absolute Gasteiger partial charge is 0.481 e. The molecule has 1 atom stereocenters. The van der Waals surface area contributed by atoms with Crippen LogP contribution in [0, 0.1) is 0 Å². The van der Waals surface area contributed by atoms with Gasteiger partial charge < -0.3 is 14.7 Å². The van der Waals surface area contributed by atoms with Gasteiger partial charge >= 0.3 is 5.97 Å². The number of aliphatic carboxylic acids is 1. The molecule has 1 fully saturated rings. The highest BCUT2D eigenvalue weighted by Crippen LogP contribution is 2.12. The van der Waals surface area contributed by atoms with Crippen LogP contribution in [0.4, 0.5) is 0 Å². The molecule has 1 aliphatic heterocycles. The van der Waals surface area contributed by atoms with Gasteiger partial charge in [0.05, 0.1) is 26.2 Å². The third-order valence-electron chi connectivity index (χ3n) is 3.52. The summed E-state index contributed by atoms with van der Waals surface area (Å²) in [5.74, 6) is -0.868. The smallest absolute Gasteiger partial charge is 0.305 e. The lowest BCUT2D eigenvalue weighted by atomic mass is 10.1. The van der Waals surface area contributed by atoms with Gasteiger partial charge in [0.2, 0.25) is 5.91 Å². The maximum atomic E-state index is 12.3. The molecule has 116 valence electrons. The summed E-state index contributed by atoms with van der Waals surface area (Å²) >= 11 is 1.61. The van der Waals surface area contributed by atoms with Crippen LogP contribution in [0.3, 0.4) is 0 Å². The summed E-state index contributed by atoms with van der Waals surface area (Å²) in [6.45, 7) is 2.32. The number of carbonyl (C=O) groups is 2. The van der Waals surface area contributed by atoms with Crippen LogP contribution >= 0.6 is 11.3 Å². The Balaban J connectivity index is 1.88. The summed E-state index contributed by atoms with van der Waals surface area (Å²) in [5, 5.41) is 12.9. The first-order valence-electron chi connectivity index (χ1n) is 6.85. The second-order valence-corrected chi connectivity index (χ2v) is 5.96. The van der Waals surface area contributed by atoms with Crippen molar-refractivity contribution in [3.8, 4) is 0 Å². The minimum Gasteiger partial charge on any atom is -0.481 e. The number of nitrogens with zero attached hydrogens (tertiary/aromatic N) is 2. The molecule has 1 amide bonds. The van der Waals surface area contributed by atoms with Crippen LogP contribution < -0.4 is 0 Å². The Morgan fingerprint density at radius 2 is 2.38 bits per heavy atom. The molecule has 1 saturated heterocycles. The summed E-state index contributed by atoms with van der Waals surface area (Å²) in [4.78, 5) is 26.7. The normalized spacial score (nSPS) is 19.4. The summed E-state index contributed by atoms with van der Waals surface area (Å²) < 4.78 is 5.31. The minimum absolute atomic E-state index is 0.00140. The first-order chi connectivity index (χ1) is 10.1. The number of carboxylic acids is 1. The zero-order valence-electron chi connectivity index (χ0n) is 12.0. The number of thiophene rings is 1. The zero-order valence-corrected chi connectivity index (χ0v) is 12.8. The molecule has 0 bridgehead atoms. The maximum absolute atomic E-state index is 12.3. The van der Waals surface area contributed by atoms with Crippen LogP contribution in [0.15, 0.2) is 16.8 Å². The van der Waals surface area contributed by atoms with E-state index in [0.29, 0.717) is 26.3 Å². The van der Waals surface area contributed by atoms with Crippen molar-refractivity contribution >= 4 is 23.2 Å². The van der Waals surface area contributed by atoms with E-state index < -0.39 is 5.97 Å². The predicted molar refractivity (Wildman–Crippen MR) is 79.2 cm³/mol. The fourth-order valence-electron chi connectivity index (χ4n) is 2.33. The fraction of sp³-hybridized carbons (Fsp3) is 0.571. The number of morpholine rings is 1. The molecule has 2 rings (SSSR count). The highest BCUT2D eigenvalue weighted by Gasteiger charge is 2.27. The molecule has 1 N–H and O–H groups in total. The number of carbonyl (C=O) groups excluding carboxylic acids is 1. The molecule has 0 aliphatic carbocycles. The van der Waals surface area contributed by atoms with E-state index in [0.717, 1.165) is 5.56 Å². The molecule has 6 nitrogen and oxygen atoms in total. The van der Waals surface area contributed by atoms with E-state index in [1.54, 1.807) is 23.3 Å². The van der Waals surface area contributed by atoms with Gasteiger partial charge in [0, 0.05) is 26.2 Å². The van der Waals surface area contributed by atoms with Crippen LogP contribution in [0.1, 0.15) is 12.0 Å². The quantitative estimate of drug-likeness (QED) is 0.844. The zero-order chi connectivity index (χ0) is 15.2. The number of amides is 1. The SMILES string of the molecule is CN(Cc1ccsc1)C(=O)CN1CCOCC1CC(=O)O. The van der Waals surface area contributed by atoms with Crippen molar-refractivity contribution in [1.29, 1.82) is 0 Å². The van der Waals surface area contributed by atoms with E-state index in [9.17, 15) is 9.59 Å². The number of rotatable bonds is 6. The Labute approximate surface area is 127 Å². The lowest BCUT2D eigenvalue weighted by molar-refractivity contribution is -0.143. The number of carboxylic acid groups (broad SMARTS) is 1. The van der Waals surface area contributed by atoms with Gasteiger partial charge in [-0.05, 0) is 22.4 Å². The number of hydrogen-bond acceptors (Lipinski definition) is 5. The van der Waals surface area contributed by atoms with Crippen molar-refractivity contribution in [2.24, 2.45) is 0 Å². The number of hydrogen-bond donors (Lipinski definition) is 1. The summed E-state index contributed by atoms with van der Waals surface area (Å²) in [6.07, 6.45) is 0.00151. The summed E-state index contributed by atoms with van der Waals surface area (Å²) in [7, 11) is 1.77. The van der Waals surface area contributed by atoms with Gasteiger partial charge in [0.15, 0.2) is 0 Å². The van der Waals surface area contributed by atoms with Gasteiger partial charge in [-0.1, -0.05) is 0 Å². The van der Waals surface area contributed by atoms with Crippen molar-refractivity contribution < 1.29 is 19.4 Å². The van der Waals surface area contributed by atoms with E-state index in [2.05, 4.69) is 0 Å². The predicted octanol–water partition coefficient (Wildman–Crippen LogP) is 0.882. The molecule has 1 aliphatic rings. The average molecular weight is 312 g/mol.